The molecule has 0 amide bonds. The van der Waals surface area contributed by atoms with Crippen LogP contribution in [-0.2, 0) is 0 Å². The molecule has 1 fully saturated rings. The van der Waals surface area contributed by atoms with Crippen LogP contribution in [0.1, 0.15) is 47.5 Å². The highest BCUT2D eigenvalue weighted by Crippen LogP contribution is 2.52. The van der Waals surface area contributed by atoms with Crippen molar-refractivity contribution in [3.05, 3.63) is 0 Å². The molecule has 0 aromatic heterocycles. The van der Waals surface area contributed by atoms with Gasteiger partial charge in [-0.3, -0.25) is 0 Å². The molecule has 2 N–H and O–H groups in total. The zero-order chi connectivity index (χ0) is 10.9. The van der Waals surface area contributed by atoms with Crippen molar-refractivity contribution in [2.24, 2.45) is 35.3 Å². The van der Waals surface area contributed by atoms with Gasteiger partial charge >= 0.3 is 0 Å². The van der Waals surface area contributed by atoms with E-state index < -0.39 is 0 Å². The zero-order valence-corrected chi connectivity index (χ0v) is 10.5. The van der Waals surface area contributed by atoms with E-state index in [9.17, 15) is 0 Å². The van der Waals surface area contributed by atoms with Gasteiger partial charge in [-0.05, 0) is 36.5 Å². The summed E-state index contributed by atoms with van der Waals surface area (Å²) in [4.78, 5) is 0. The van der Waals surface area contributed by atoms with E-state index in [1.54, 1.807) is 0 Å². The van der Waals surface area contributed by atoms with Gasteiger partial charge < -0.3 is 5.73 Å². The Labute approximate surface area is 89.5 Å². The van der Waals surface area contributed by atoms with E-state index in [1.165, 1.54) is 12.8 Å². The molecule has 0 aromatic carbocycles. The van der Waals surface area contributed by atoms with Crippen molar-refractivity contribution in [1.29, 1.82) is 0 Å². The molecular formula is C13H27N. The van der Waals surface area contributed by atoms with E-state index in [2.05, 4.69) is 34.6 Å². The Morgan fingerprint density at radius 2 is 1.71 bits per heavy atom. The Bertz CT molecular complexity index is 174. The van der Waals surface area contributed by atoms with Gasteiger partial charge in [-0.1, -0.05) is 40.5 Å². The summed E-state index contributed by atoms with van der Waals surface area (Å²) in [5.74, 6) is 4.24. The van der Waals surface area contributed by atoms with E-state index in [-0.39, 0.29) is 0 Å². The molecule has 1 heteroatoms. The van der Waals surface area contributed by atoms with Crippen LogP contribution in [0.5, 0.6) is 0 Å². The van der Waals surface area contributed by atoms with Crippen molar-refractivity contribution in [3.8, 4) is 0 Å². The molecular weight excluding hydrogens is 170 g/mol. The van der Waals surface area contributed by atoms with E-state index in [0.717, 1.165) is 29.6 Å². The van der Waals surface area contributed by atoms with E-state index >= 15 is 0 Å². The molecule has 0 saturated heterocycles. The first kappa shape index (κ1) is 12.0. The first-order valence-electron chi connectivity index (χ1n) is 6.26. The van der Waals surface area contributed by atoms with Gasteiger partial charge in [0.2, 0.25) is 0 Å². The lowest BCUT2D eigenvalue weighted by Crippen LogP contribution is -2.54. The highest BCUT2D eigenvalue weighted by atomic mass is 14.7. The minimum Gasteiger partial charge on any atom is -0.328 e. The fourth-order valence-electron chi connectivity index (χ4n) is 3.68. The Balaban J connectivity index is 2.63. The summed E-state index contributed by atoms with van der Waals surface area (Å²) in [6.45, 7) is 11.6. The molecule has 1 aliphatic carbocycles. The van der Waals surface area contributed by atoms with Gasteiger partial charge in [-0.2, -0.15) is 0 Å². The summed E-state index contributed by atoms with van der Waals surface area (Å²) in [6.07, 6.45) is 2.72. The SMILES string of the molecule is CCCC1C(C)C(C(C)N)C1C(C)C. The predicted octanol–water partition coefficient (Wildman–Crippen LogP) is 3.29. The monoisotopic (exact) mass is 197 g/mol. The maximum Gasteiger partial charge on any atom is 0.00442 e. The number of rotatable bonds is 4. The van der Waals surface area contributed by atoms with Crippen LogP contribution in [0, 0.1) is 29.6 Å². The fourth-order valence-corrected chi connectivity index (χ4v) is 3.68. The third-order valence-corrected chi connectivity index (χ3v) is 4.22. The smallest absolute Gasteiger partial charge is 0.00442 e. The van der Waals surface area contributed by atoms with Crippen molar-refractivity contribution in [1.82, 2.24) is 0 Å². The van der Waals surface area contributed by atoms with Crippen molar-refractivity contribution < 1.29 is 0 Å². The van der Waals surface area contributed by atoms with Gasteiger partial charge in [-0.15, -0.1) is 0 Å². The van der Waals surface area contributed by atoms with Gasteiger partial charge in [0.05, 0.1) is 0 Å². The first-order chi connectivity index (χ1) is 6.50. The van der Waals surface area contributed by atoms with Gasteiger partial charge in [0.15, 0.2) is 0 Å². The molecule has 5 unspecified atom stereocenters. The summed E-state index contributed by atoms with van der Waals surface area (Å²) in [5.41, 5.74) is 6.07. The first-order valence-corrected chi connectivity index (χ1v) is 6.26. The lowest BCUT2D eigenvalue weighted by molar-refractivity contribution is -0.0575. The van der Waals surface area contributed by atoms with Crippen LogP contribution in [0.2, 0.25) is 0 Å². The summed E-state index contributed by atoms with van der Waals surface area (Å²) in [7, 11) is 0. The Morgan fingerprint density at radius 3 is 2.07 bits per heavy atom. The van der Waals surface area contributed by atoms with E-state index in [4.69, 9.17) is 5.73 Å². The average Bonchev–Trinajstić information content (AvgIpc) is 2.08. The summed E-state index contributed by atoms with van der Waals surface area (Å²) >= 11 is 0. The molecule has 0 spiro atoms. The molecule has 1 saturated carbocycles. The van der Waals surface area contributed by atoms with Crippen molar-refractivity contribution in [2.45, 2.75) is 53.5 Å². The summed E-state index contributed by atoms with van der Waals surface area (Å²) in [5, 5.41) is 0. The van der Waals surface area contributed by atoms with Crippen LogP contribution in [-0.4, -0.2) is 6.04 Å². The molecule has 1 nitrogen and oxygen atoms in total. The number of hydrogen-bond donors (Lipinski definition) is 1. The van der Waals surface area contributed by atoms with E-state index in [0.29, 0.717) is 6.04 Å². The Hall–Kier alpha value is -0.0400. The van der Waals surface area contributed by atoms with Crippen molar-refractivity contribution >= 4 is 0 Å². The summed E-state index contributed by atoms with van der Waals surface area (Å²) in [6, 6.07) is 0.380. The molecule has 0 bridgehead atoms. The van der Waals surface area contributed by atoms with Crippen LogP contribution in [0.25, 0.3) is 0 Å². The second-order valence-corrected chi connectivity index (χ2v) is 5.57. The Kier molecular flexibility index (Phi) is 4.00. The topological polar surface area (TPSA) is 26.0 Å². The third-order valence-electron chi connectivity index (χ3n) is 4.22. The minimum atomic E-state index is 0.380. The third kappa shape index (κ3) is 1.98. The zero-order valence-electron chi connectivity index (χ0n) is 10.5. The molecule has 0 radical (unpaired) electrons. The van der Waals surface area contributed by atoms with Crippen molar-refractivity contribution in [2.75, 3.05) is 0 Å². The van der Waals surface area contributed by atoms with Crippen molar-refractivity contribution in [3.63, 3.8) is 0 Å². The Morgan fingerprint density at radius 1 is 1.14 bits per heavy atom. The van der Waals surface area contributed by atoms with Crippen LogP contribution in [0.3, 0.4) is 0 Å². The second kappa shape index (κ2) is 4.65. The lowest BCUT2D eigenvalue weighted by Gasteiger charge is -2.55. The highest BCUT2D eigenvalue weighted by Gasteiger charge is 2.49. The summed E-state index contributed by atoms with van der Waals surface area (Å²) < 4.78 is 0. The molecule has 0 heterocycles. The van der Waals surface area contributed by atoms with Gasteiger partial charge in [0.25, 0.3) is 0 Å². The molecule has 1 rings (SSSR count). The number of hydrogen-bond acceptors (Lipinski definition) is 1. The number of nitrogens with two attached hydrogens (primary N) is 1. The molecule has 14 heavy (non-hydrogen) atoms. The molecule has 1 aliphatic rings. The normalized spacial score (nSPS) is 39.6. The molecule has 0 aliphatic heterocycles. The maximum atomic E-state index is 6.07. The lowest BCUT2D eigenvalue weighted by atomic mass is 9.51. The van der Waals surface area contributed by atoms with E-state index in [1.807, 2.05) is 0 Å². The largest absolute Gasteiger partial charge is 0.328 e. The standard InChI is InChI=1S/C13H27N/c1-6-7-11-9(4)13(10(5)14)12(11)8(2)3/h8-13H,6-7,14H2,1-5H3. The molecule has 0 aromatic rings. The maximum absolute atomic E-state index is 6.07. The van der Waals surface area contributed by atoms with Crippen LogP contribution >= 0.6 is 0 Å². The van der Waals surface area contributed by atoms with Gasteiger partial charge in [-0.25, -0.2) is 0 Å². The highest BCUT2D eigenvalue weighted by molar-refractivity contribution is 4.98. The van der Waals surface area contributed by atoms with Gasteiger partial charge in [0, 0.05) is 6.04 Å². The quantitative estimate of drug-likeness (QED) is 0.735. The van der Waals surface area contributed by atoms with Crippen LogP contribution in [0.4, 0.5) is 0 Å². The molecule has 84 valence electrons. The molecule has 5 atom stereocenters. The second-order valence-electron chi connectivity index (χ2n) is 5.57. The average molecular weight is 197 g/mol. The van der Waals surface area contributed by atoms with Gasteiger partial charge in [0.1, 0.15) is 0 Å². The van der Waals surface area contributed by atoms with Crippen LogP contribution in [0.15, 0.2) is 0 Å². The van der Waals surface area contributed by atoms with Crippen LogP contribution < -0.4 is 5.73 Å². The fraction of sp³-hybridized carbons (Fsp3) is 1.00. The minimum absolute atomic E-state index is 0.380. The predicted molar refractivity (Wildman–Crippen MR) is 63.0 cm³/mol.